The molecule has 0 aliphatic carbocycles. The van der Waals surface area contributed by atoms with Gasteiger partial charge in [-0.25, -0.2) is 12.8 Å². The van der Waals surface area contributed by atoms with E-state index in [0.717, 1.165) is 12.3 Å². The quantitative estimate of drug-likeness (QED) is 0.815. The maximum Gasteiger partial charge on any atom is 0.175 e. The van der Waals surface area contributed by atoms with E-state index in [1.165, 1.54) is 31.4 Å². The van der Waals surface area contributed by atoms with Gasteiger partial charge in [-0.2, -0.15) is 0 Å². The summed E-state index contributed by atoms with van der Waals surface area (Å²) < 4.78 is 42.2. The highest BCUT2D eigenvalue weighted by atomic mass is 32.2. The third-order valence-corrected chi connectivity index (χ3v) is 4.13. The lowest BCUT2D eigenvalue weighted by atomic mass is 10.0. The molecule has 0 aliphatic heterocycles. The number of carbonyl (C=O) groups is 1. The summed E-state index contributed by atoms with van der Waals surface area (Å²) in [7, 11) is -2.05. The highest BCUT2D eigenvalue weighted by molar-refractivity contribution is 7.90. The smallest absolute Gasteiger partial charge is 0.175 e. The molecule has 0 amide bonds. The third kappa shape index (κ3) is 3.11. The molecular weight excluding hydrogens is 295 g/mol. The van der Waals surface area contributed by atoms with Gasteiger partial charge in [0, 0.05) is 17.9 Å². The molecule has 2 aromatic carbocycles. The number of hydrogen-bond donors (Lipinski definition) is 0. The van der Waals surface area contributed by atoms with Crippen molar-refractivity contribution in [3.05, 3.63) is 47.8 Å². The second-order valence-electron chi connectivity index (χ2n) is 4.49. The van der Waals surface area contributed by atoms with Gasteiger partial charge in [-0.3, -0.25) is 4.79 Å². The molecule has 2 aromatic rings. The van der Waals surface area contributed by atoms with Crippen LogP contribution < -0.4 is 4.74 Å². The number of sulfone groups is 1. The minimum absolute atomic E-state index is 0.0860. The second-order valence-corrected chi connectivity index (χ2v) is 6.51. The lowest BCUT2D eigenvalue weighted by Gasteiger charge is -2.09. The first-order valence-corrected chi connectivity index (χ1v) is 7.89. The van der Waals surface area contributed by atoms with Crippen LogP contribution in [0.15, 0.2) is 41.3 Å². The van der Waals surface area contributed by atoms with Crippen molar-refractivity contribution in [2.45, 2.75) is 4.90 Å². The Morgan fingerprint density at radius 1 is 1.19 bits per heavy atom. The van der Waals surface area contributed by atoms with Gasteiger partial charge in [-0.1, -0.05) is 12.1 Å². The zero-order valence-electron chi connectivity index (χ0n) is 11.5. The van der Waals surface area contributed by atoms with Crippen LogP contribution in [-0.4, -0.2) is 28.1 Å². The molecule has 0 fully saturated rings. The van der Waals surface area contributed by atoms with E-state index in [0.29, 0.717) is 11.8 Å². The molecule has 0 saturated carbocycles. The summed E-state index contributed by atoms with van der Waals surface area (Å²) in [5.41, 5.74) is 0.711. The molecule has 0 saturated heterocycles. The maximum atomic E-state index is 14.1. The fraction of sp³-hybridized carbons (Fsp3) is 0.133. The van der Waals surface area contributed by atoms with E-state index < -0.39 is 15.7 Å². The predicted molar refractivity (Wildman–Crippen MR) is 76.9 cm³/mol. The lowest BCUT2D eigenvalue weighted by molar-refractivity contribution is 0.112. The Morgan fingerprint density at radius 3 is 2.48 bits per heavy atom. The topological polar surface area (TPSA) is 60.4 Å². The SMILES string of the molecule is COc1cc(F)c(-c2cccc(S(C)(=O)=O)c2)cc1C=O. The van der Waals surface area contributed by atoms with Crippen LogP contribution in [0.4, 0.5) is 4.39 Å². The van der Waals surface area contributed by atoms with E-state index in [1.807, 2.05) is 0 Å². The summed E-state index contributed by atoms with van der Waals surface area (Å²) in [6.45, 7) is 0. The Bertz CT molecular complexity index is 797. The van der Waals surface area contributed by atoms with E-state index in [2.05, 4.69) is 0 Å². The van der Waals surface area contributed by atoms with Crippen LogP contribution in [0.1, 0.15) is 10.4 Å². The van der Waals surface area contributed by atoms with Gasteiger partial charge >= 0.3 is 0 Å². The molecular formula is C15H13FO4S. The second kappa shape index (κ2) is 5.65. The first-order chi connectivity index (χ1) is 9.86. The third-order valence-electron chi connectivity index (χ3n) is 3.02. The number of hydrogen-bond acceptors (Lipinski definition) is 4. The Morgan fingerprint density at radius 2 is 1.90 bits per heavy atom. The van der Waals surface area contributed by atoms with Crippen LogP contribution in [0, 0.1) is 5.82 Å². The van der Waals surface area contributed by atoms with Crippen molar-refractivity contribution in [1.29, 1.82) is 0 Å². The summed E-state index contributed by atoms with van der Waals surface area (Å²) in [6.07, 6.45) is 1.63. The van der Waals surface area contributed by atoms with E-state index in [9.17, 15) is 17.6 Å². The summed E-state index contributed by atoms with van der Waals surface area (Å²) >= 11 is 0. The van der Waals surface area contributed by atoms with Gasteiger partial charge in [0.25, 0.3) is 0 Å². The Hall–Kier alpha value is -2.21. The van der Waals surface area contributed by atoms with Crippen LogP contribution in [0.3, 0.4) is 0 Å². The minimum Gasteiger partial charge on any atom is -0.496 e. The number of methoxy groups -OCH3 is 1. The van der Waals surface area contributed by atoms with E-state index >= 15 is 0 Å². The summed E-state index contributed by atoms with van der Waals surface area (Å²) in [5.74, 6) is -0.464. The largest absolute Gasteiger partial charge is 0.496 e. The van der Waals surface area contributed by atoms with Gasteiger partial charge in [-0.05, 0) is 23.8 Å². The molecule has 0 heterocycles. The van der Waals surface area contributed by atoms with Gasteiger partial charge in [-0.15, -0.1) is 0 Å². The van der Waals surface area contributed by atoms with Crippen molar-refractivity contribution in [2.75, 3.05) is 13.4 Å². The lowest BCUT2D eigenvalue weighted by Crippen LogP contribution is -1.98. The van der Waals surface area contributed by atoms with Crippen molar-refractivity contribution >= 4 is 16.1 Å². The fourth-order valence-corrected chi connectivity index (χ4v) is 2.62. The van der Waals surface area contributed by atoms with Crippen molar-refractivity contribution in [1.82, 2.24) is 0 Å². The predicted octanol–water partition coefficient (Wildman–Crippen LogP) is 2.72. The molecule has 0 aliphatic rings. The average molecular weight is 308 g/mol. The number of ether oxygens (including phenoxy) is 1. The minimum atomic E-state index is -3.39. The molecule has 0 N–H and O–H groups in total. The number of aldehydes is 1. The van der Waals surface area contributed by atoms with Gasteiger partial charge in [0.15, 0.2) is 16.1 Å². The monoisotopic (exact) mass is 308 g/mol. The molecule has 0 bridgehead atoms. The van der Waals surface area contributed by atoms with Crippen molar-refractivity contribution < 1.29 is 22.3 Å². The molecule has 0 atom stereocenters. The van der Waals surface area contributed by atoms with Crippen molar-refractivity contribution in [3.63, 3.8) is 0 Å². The van der Waals surface area contributed by atoms with E-state index in [1.54, 1.807) is 6.07 Å². The zero-order valence-corrected chi connectivity index (χ0v) is 12.3. The Balaban J connectivity index is 2.65. The normalized spacial score (nSPS) is 11.2. The maximum absolute atomic E-state index is 14.1. The highest BCUT2D eigenvalue weighted by Crippen LogP contribution is 2.30. The molecule has 110 valence electrons. The van der Waals surface area contributed by atoms with E-state index in [4.69, 9.17) is 4.74 Å². The number of benzene rings is 2. The number of rotatable bonds is 4. The molecule has 0 radical (unpaired) electrons. The Kier molecular flexibility index (Phi) is 4.09. The molecule has 0 unspecified atom stereocenters. The Labute approximate surface area is 122 Å². The van der Waals surface area contributed by atoms with Crippen LogP contribution in [-0.2, 0) is 9.84 Å². The number of carbonyl (C=O) groups excluding carboxylic acids is 1. The van der Waals surface area contributed by atoms with Gasteiger partial charge in [0.05, 0.1) is 17.6 Å². The summed E-state index contributed by atoms with van der Waals surface area (Å²) in [6, 6.07) is 8.34. The van der Waals surface area contributed by atoms with Gasteiger partial charge < -0.3 is 4.74 Å². The highest BCUT2D eigenvalue weighted by Gasteiger charge is 2.14. The van der Waals surface area contributed by atoms with Crippen LogP contribution in [0.5, 0.6) is 5.75 Å². The van der Waals surface area contributed by atoms with Gasteiger partial charge in [0.2, 0.25) is 0 Å². The van der Waals surface area contributed by atoms with E-state index in [-0.39, 0.29) is 21.8 Å². The molecule has 0 aromatic heterocycles. The first-order valence-electron chi connectivity index (χ1n) is 6.00. The molecule has 4 nitrogen and oxygen atoms in total. The van der Waals surface area contributed by atoms with Gasteiger partial charge in [0.1, 0.15) is 11.6 Å². The molecule has 0 spiro atoms. The van der Waals surface area contributed by atoms with Crippen molar-refractivity contribution in [3.8, 4) is 16.9 Å². The first kappa shape index (κ1) is 15.2. The molecule has 21 heavy (non-hydrogen) atoms. The molecule has 2 rings (SSSR count). The van der Waals surface area contributed by atoms with Crippen LogP contribution in [0.2, 0.25) is 0 Å². The van der Waals surface area contributed by atoms with Crippen LogP contribution in [0.25, 0.3) is 11.1 Å². The zero-order chi connectivity index (χ0) is 15.6. The fourth-order valence-electron chi connectivity index (χ4n) is 1.96. The standard InChI is InChI=1S/C15H13FO4S/c1-20-15-8-14(16)13(7-11(15)9-17)10-4-3-5-12(6-10)21(2,18)19/h3-9H,1-2H3. The summed E-state index contributed by atoms with van der Waals surface area (Å²) in [5, 5.41) is 0. The average Bonchev–Trinajstić information content (AvgIpc) is 2.46. The van der Waals surface area contributed by atoms with Crippen molar-refractivity contribution in [2.24, 2.45) is 0 Å². The number of halogens is 1. The molecule has 6 heteroatoms. The van der Waals surface area contributed by atoms with Crippen LogP contribution >= 0.6 is 0 Å². The summed E-state index contributed by atoms with van der Waals surface area (Å²) in [4.78, 5) is 11.1.